The van der Waals surface area contributed by atoms with Crippen LogP contribution in [0.2, 0.25) is 0 Å². The predicted octanol–water partition coefficient (Wildman–Crippen LogP) is 1.73. The molecule has 4 rings (SSSR count). The maximum Gasteiger partial charge on any atom is 0.413 e. The van der Waals surface area contributed by atoms with Gasteiger partial charge in [-0.05, 0) is 62.4 Å². The number of ether oxygens (including phenoxy) is 1. The Morgan fingerprint density at radius 2 is 1.83 bits per heavy atom. The Hall–Kier alpha value is -4.05. The van der Waals surface area contributed by atoms with Gasteiger partial charge in [-0.3, -0.25) is 14.9 Å². The van der Waals surface area contributed by atoms with Crippen molar-refractivity contribution in [2.24, 2.45) is 5.92 Å². The number of carbonyl (C=O) groups excluding carboxylic acids is 3. The topological polar surface area (TPSA) is 195 Å². The van der Waals surface area contributed by atoms with Crippen LogP contribution >= 0.6 is 0 Å². The quantitative estimate of drug-likeness (QED) is 0.150. The number of hydrogen-bond acceptors (Lipinski definition) is 9. The second-order valence-electron chi connectivity index (χ2n) is 11.8. The number of fused-ring (bicyclic) bond motifs is 1. The number of aliphatic hydroxyl groups excluding tert-OH is 1. The van der Waals surface area contributed by atoms with Gasteiger partial charge in [-0.25, -0.2) is 18.2 Å². The number of amides is 3. The summed E-state index contributed by atoms with van der Waals surface area (Å²) in [5.41, 5.74) is 1.63. The zero-order valence-corrected chi connectivity index (χ0v) is 27.3. The Bertz CT molecular complexity index is 1610. The molecule has 6 N–H and O–H groups in total. The summed E-state index contributed by atoms with van der Waals surface area (Å²) < 4.78 is 33.8. The highest BCUT2D eigenvalue weighted by Crippen LogP contribution is 2.24. The number of H-pyrrole nitrogens is 1. The summed E-state index contributed by atoms with van der Waals surface area (Å²) in [7, 11) is -2.93. The number of benzene rings is 2. The van der Waals surface area contributed by atoms with Gasteiger partial charge in [0.25, 0.3) is 0 Å². The fraction of sp³-hybridized carbons (Fsp3) is 0.484. The van der Waals surface area contributed by atoms with E-state index in [1.165, 1.54) is 29.6 Å². The first-order chi connectivity index (χ1) is 21.9. The monoisotopic (exact) mass is 657 g/mol. The van der Waals surface area contributed by atoms with E-state index in [0.717, 1.165) is 18.5 Å². The van der Waals surface area contributed by atoms with E-state index in [1.807, 2.05) is 44.2 Å². The van der Waals surface area contributed by atoms with Crippen LogP contribution in [0.15, 0.2) is 53.4 Å². The molecule has 1 aliphatic heterocycles. The molecule has 3 amide bonds. The van der Waals surface area contributed by atoms with E-state index < -0.39 is 40.2 Å². The number of nitrogens with zero attached hydrogens (tertiary/aromatic N) is 2. The maximum absolute atomic E-state index is 14.0. The number of aromatic nitrogens is 2. The number of anilines is 1. The van der Waals surface area contributed by atoms with Gasteiger partial charge in [-0.1, -0.05) is 44.2 Å². The molecule has 2 aromatic carbocycles. The Kier molecular flexibility index (Phi) is 11.7. The van der Waals surface area contributed by atoms with Crippen LogP contribution in [0.25, 0.3) is 11.0 Å². The van der Waals surface area contributed by atoms with E-state index in [9.17, 15) is 27.9 Å². The predicted molar refractivity (Wildman–Crippen MR) is 172 cm³/mol. The average Bonchev–Trinajstić information content (AvgIpc) is 3.70. The molecule has 2 heterocycles. The molecule has 1 aliphatic rings. The second kappa shape index (κ2) is 15.5. The van der Waals surface area contributed by atoms with Crippen molar-refractivity contribution < 1.29 is 32.6 Å². The minimum absolute atomic E-state index is 0.0402. The highest BCUT2D eigenvalue weighted by molar-refractivity contribution is 7.89. The van der Waals surface area contributed by atoms with Crippen molar-refractivity contribution >= 4 is 44.9 Å². The number of rotatable bonds is 14. The van der Waals surface area contributed by atoms with Crippen LogP contribution in [0.1, 0.15) is 39.2 Å². The van der Waals surface area contributed by atoms with Crippen molar-refractivity contribution in [1.82, 2.24) is 30.2 Å². The zero-order valence-electron chi connectivity index (χ0n) is 26.4. The fourth-order valence-corrected chi connectivity index (χ4v) is 6.91. The van der Waals surface area contributed by atoms with Crippen LogP contribution in [0, 0.1) is 5.92 Å². The highest BCUT2D eigenvalue weighted by atomic mass is 32.2. The van der Waals surface area contributed by atoms with Gasteiger partial charge in [0.2, 0.25) is 27.8 Å². The van der Waals surface area contributed by atoms with Crippen LogP contribution in [0.4, 0.5) is 10.7 Å². The molecule has 250 valence electrons. The van der Waals surface area contributed by atoms with Crippen molar-refractivity contribution in [1.29, 1.82) is 0 Å². The Labute approximate surface area is 268 Å². The summed E-state index contributed by atoms with van der Waals surface area (Å²) in [6, 6.07) is 11.5. The van der Waals surface area contributed by atoms with Crippen molar-refractivity contribution in [2.75, 3.05) is 32.1 Å². The number of nitrogens with one attached hydrogen (secondary N) is 5. The second-order valence-corrected chi connectivity index (χ2v) is 13.8. The number of aliphatic hydroxyl groups is 1. The molecule has 3 aromatic rings. The van der Waals surface area contributed by atoms with E-state index >= 15 is 0 Å². The van der Waals surface area contributed by atoms with Crippen molar-refractivity contribution in [3.63, 3.8) is 0 Å². The summed E-state index contributed by atoms with van der Waals surface area (Å²) in [4.78, 5) is 44.5. The molecule has 14 nitrogen and oxygen atoms in total. The Morgan fingerprint density at radius 3 is 2.48 bits per heavy atom. The van der Waals surface area contributed by atoms with Gasteiger partial charge in [0, 0.05) is 13.1 Å². The number of methoxy groups -OCH3 is 1. The van der Waals surface area contributed by atoms with E-state index in [0.29, 0.717) is 17.5 Å². The standard InChI is InChI=1S/C31H43N7O7S/c1-19(2)17-38(46(43,44)22-12-13-23-25(16-22)36-30(35-23)37-31(42)45-4)18-27(39)26(15-21-9-6-5-7-10-21)34-28(40)20(3)33-29(41)24-11-8-14-32-24/h5-7,9-10,12-13,16,19-20,24,26-27,32,39H,8,11,14-15,17-18H2,1-4H3,(H,33,41)(H,34,40)(H2,35,36,37,42). The van der Waals surface area contributed by atoms with E-state index in [4.69, 9.17) is 0 Å². The summed E-state index contributed by atoms with van der Waals surface area (Å²) in [6.45, 7) is 5.84. The third-order valence-corrected chi connectivity index (χ3v) is 9.50. The van der Waals surface area contributed by atoms with Crippen LogP contribution < -0.4 is 21.3 Å². The van der Waals surface area contributed by atoms with Gasteiger partial charge in [-0.2, -0.15) is 4.31 Å². The molecule has 0 saturated carbocycles. The molecular formula is C31H43N7O7S. The van der Waals surface area contributed by atoms with Gasteiger partial charge < -0.3 is 30.8 Å². The lowest BCUT2D eigenvalue weighted by molar-refractivity contribution is -0.130. The molecule has 0 spiro atoms. The third kappa shape index (κ3) is 9.02. The largest absolute Gasteiger partial charge is 0.453 e. The highest BCUT2D eigenvalue weighted by Gasteiger charge is 2.33. The Morgan fingerprint density at radius 1 is 1.09 bits per heavy atom. The first kappa shape index (κ1) is 34.8. The lowest BCUT2D eigenvalue weighted by Gasteiger charge is -2.31. The summed E-state index contributed by atoms with van der Waals surface area (Å²) in [5, 5.41) is 22.6. The SMILES string of the molecule is COC(=O)Nc1nc2ccc(S(=O)(=O)N(CC(C)C)CC(O)C(Cc3ccccc3)NC(=O)C(C)NC(=O)C3CCCN3)cc2[nH]1. The van der Waals surface area contributed by atoms with Crippen molar-refractivity contribution in [3.05, 3.63) is 54.1 Å². The molecule has 4 atom stereocenters. The average molecular weight is 658 g/mol. The molecule has 0 radical (unpaired) electrons. The Balaban J connectivity index is 1.55. The van der Waals surface area contributed by atoms with Crippen molar-refractivity contribution in [2.45, 2.75) is 69.2 Å². The van der Waals surface area contributed by atoms with E-state index in [-0.39, 0.29) is 48.2 Å². The number of imidazole rings is 1. The molecule has 0 aliphatic carbocycles. The molecule has 1 fully saturated rings. The molecule has 1 saturated heterocycles. The number of hydrogen-bond donors (Lipinski definition) is 6. The molecule has 4 unspecified atom stereocenters. The lowest BCUT2D eigenvalue weighted by atomic mass is 10.0. The van der Waals surface area contributed by atoms with Gasteiger partial charge in [-0.15, -0.1) is 0 Å². The normalized spacial score (nSPS) is 17.1. The van der Waals surface area contributed by atoms with E-state index in [2.05, 4.69) is 36.0 Å². The van der Waals surface area contributed by atoms with Gasteiger partial charge in [0.15, 0.2) is 0 Å². The number of sulfonamides is 1. The van der Waals surface area contributed by atoms with Crippen molar-refractivity contribution in [3.8, 4) is 0 Å². The van der Waals surface area contributed by atoms with Gasteiger partial charge >= 0.3 is 6.09 Å². The van der Waals surface area contributed by atoms with Crippen LogP contribution in [-0.4, -0.2) is 96.7 Å². The third-order valence-electron chi connectivity index (χ3n) is 7.68. The lowest BCUT2D eigenvalue weighted by Crippen LogP contribution is -2.56. The number of carbonyl (C=O) groups is 3. The first-order valence-electron chi connectivity index (χ1n) is 15.3. The molecule has 46 heavy (non-hydrogen) atoms. The summed E-state index contributed by atoms with van der Waals surface area (Å²) in [5.74, 6) is -0.756. The minimum atomic E-state index is -4.14. The first-order valence-corrected chi connectivity index (χ1v) is 16.7. The molecular weight excluding hydrogens is 614 g/mol. The van der Waals surface area contributed by atoms with E-state index in [1.54, 1.807) is 6.92 Å². The summed E-state index contributed by atoms with van der Waals surface area (Å²) in [6.07, 6.45) is -0.241. The van der Waals surface area contributed by atoms with Crippen LogP contribution in [-0.2, 0) is 30.8 Å². The molecule has 1 aromatic heterocycles. The zero-order chi connectivity index (χ0) is 33.4. The minimum Gasteiger partial charge on any atom is -0.453 e. The maximum atomic E-state index is 14.0. The molecule has 0 bridgehead atoms. The van der Waals surface area contributed by atoms with Crippen LogP contribution in [0.3, 0.4) is 0 Å². The summed E-state index contributed by atoms with van der Waals surface area (Å²) >= 11 is 0. The smallest absolute Gasteiger partial charge is 0.413 e. The van der Waals surface area contributed by atoms with Crippen LogP contribution in [0.5, 0.6) is 0 Å². The fourth-order valence-electron chi connectivity index (χ4n) is 5.27. The molecule has 15 heteroatoms. The number of aromatic amines is 1. The van der Waals surface area contributed by atoms with Gasteiger partial charge in [0.05, 0.1) is 41.2 Å². The van der Waals surface area contributed by atoms with Gasteiger partial charge in [0.1, 0.15) is 6.04 Å².